The maximum atomic E-state index is 12.8. The van der Waals surface area contributed by atoms with E-state index in [0.717, 1.165) is 19.3 Å². The number of rotatable bonds is 1. The number of allylic oxidation sites excluding steroid dienone is 1. The minimum absolute atomic E-state index is 0.168. The van der Waals surface area contributed by atoms with Crippen LogP contribution in [-0.4, -0.2) is 33.9 Å². The third kappa shape index (κ3) is 0.928. The Morgan fingerprint density at radius 1 is 1.33 bits per heavy atom. The second kappa shape index (κ2) is 3.33. The van der Waals surface area contributed by atoms with E-state index in [1.54, 1.807) is 0 Å². The van der Waals surface area contributed by atoms with Crippen LogP contribution >= 0.6 is 0 Å². The van der Waals surface area contributed by atoms with Crippen molar-refractivity contribution >= 4 is 11.9 Å². The van der Waals surface area contributed by atoms with Gasteiger partial charge in [-0.3, -0.25) is 9.59 Å². The molecule has 2 spiro atoms. The molecule has 1 aliphatic heterocycles. The minimum Gasteiger partial charge on any atom is -0.481 e. The maximum Gasteiger partial charge on any atom is 0.312 e. The molecular weight excluding hydrogens is 308 g/mol. The van der Waals surface area contributed by atoms with Crippen molar-refractivity contribution in [2.45, 2.75) is 50.7 Å². The number of aliphatic hydroxyl groups excluding tert-OH is 1. The minimum atomic E-state index is -0.871. The predicted octanol–water partition coefficient (Wildman–Crippen LogP) is 1.75. The van der Waals surface area contributed by atoms with E-state index < -0.39 is 29.0 Å². The van der Waals surface area contributed by atoms with E-state index in [1.165, 1.54) is 5.57 Å². The van der Waals surface area contributed by atoms with Crippen LogP contribution in [0.25, 0.3) is 0 Å². The van der Waals surface area contributed by atoms with Gasteiger partial charge in [0.1, 0.15) is 5.60 Å². The summed E-state index contributed by atoms with van der Waals surface area (Å²) in [5.41, 5.74) is -1.04. The fourth-order valence-corrected chi connectivity index (χ4v) is 8.97. The van der Waals surface area contributed by atoms with Crippen molar-refractivity contribution in [1.82, 2.24) is 0 Å². The summed E-state index contributed by atoms with van der Waals surface area (Å²) in [6.45, 7) is 6.12. The van der Waals surface area contributed by atoms with Gasteiger partial charge in [0.2, 0.25) is 0 Å². The van der Waals surface area contributed by atoms with Gasteiger partial charge < -0.3 is 14.9 Å². The maximum absolute atomic E-state index is 12.8. The van der Waals surface area contributed by atoms with Gasteiger partial charge >= 0.3 is 11.9 Å². The highest BCUT2D eigenvalue weighted by molar-refractivity contribution is 5.87. The van der Waals surface area contributed by atoms with E-state index in [0.29, 0.717) is 18.8 Å². The van der Waals surface area contributed by atoms with Crippen LogP contribution < -0.4 is 0 Å². The van der Waals surface area contributed by atoms with Crippen molar-refractivity contribution in [3.05, 3.63) is 12.2 Å². The van der Waals surface area contributed by atoms with E-state index >= 15 is 0 Å². The summed E-state index contributed by atoms with van der Waals surface area (Å²) in [5.74, 6) is -1.33. The molecule has 0 aromatic carbocycles. The second-order valence-corrected chi connectivity index (χ2v) is 9.51. The molecule has 1 unspecified atom stereocenters. The molecule has 5 nitrogen and oxygen atoms in total. The SMILES string of the molecule is C=C1C2[C@@]34CC[C@@H]1C[C@@]23[C@@H](C(=O)O)[C@@H]1[C@@]2(C)C[C@@H](O)C[C@]14OC2=O. The van der Waals surface area contributed by atoms with Gasteiger partial charge in [0.15, 0.2) is 0 Å². The third-order valence-corrected chi connectivity index (χ3v) is 9.16. The van der Waals surface area contributed by atoms with Crippen molar-refractivity contribution in [2.75, 3.05) is 0 Å². The number of aliphatic hydroxyl groups is 1. The molecule has 6 aliphatic carbocycles. The highest BCUT2D eigenvalue weighted by Crippen LogP contribution is 2.98. The number of hydrogen-bond acceptors (Lipinski definition) is 4. The number of carbonyl (C=O) groups excluding carboxylic acids is 1. The summed E-state index contributed by atoms with van der Waals surface area (Å²) >= 11 is 0. The summed E-state index contributed by atoms with van der Waals surface area (Å²) in [6.07, 6.45) is 2.95. The van der Waals surface area contributed by atoms with Gasteiger partial charge in [-0.25, -0.2) is 0 Å². The molecule has 7 rings (SSSR count). The van der Waals surface area contributed by atoms with Crippen LogP contribution in [0.1, 0.15) is 39.0 Å². The monoisotopic (exact) mass is 330 g/mol. The predicted molar refractivity (Wildman–Crippen MR) is 81.6 cm³/mol. The van der Waals surface area contributed by atoms with E-state index in [4.69, 9.17) is 4.74 Å². The lowest BCUT2D eigenvalue weighted by Gasteiger charge is -2.48. The summed E-state index contributed by atoms with van der Waals surface area (Å²) in [5, 5.41) is 20.7. The topological polar surface area (TPSA) is 83.8 Å². The lowest BCUT2D eigenvalue weighted by Crippen LogP contribution is -2.55. The summed E-state index contributed by atoms with van der Waals surface area (Å²) in [7, 11) is 0. The van der Waals surface area contributed by atoms with Crippen molar-refractivity contribution in [2.24, 2.45) is 39.9 Å². The molecular formula is C19H22O5. The zero-order valence-electron chi connectivity index (χ0n) is 13.7. The first-order chi connectivity index (χ1) is 11.3. The standard InChI is InChI=1S/C19H22O5/c1-8-9-3-4-18-12(8)17(18,5-9)11(14(21)22)13-16(2)6-10(20)7-19(13,18)24-15(16)23/h9-13,20H,1,3-7H2,2H3,(H,21,22)/t9-,10-,11-,12?,13-,16-,17-,18+,19+/m1/s1. The average Bonchev–Trinajstić information content (AvgIpc) is 2.89. The molecule has 128 valence electrons. The Kier molecular flexibility index (Phi) is 1.92. The zero-order valence-corrected chi connectivity index (χ0v) is 13.7. The van der Waals surface area contributed by atoms with Gasteiger partial charge in [-0.2, -0.15) is 0 Å². The number of ether oxygens (including phenoxy) is 1. The number of carboxylic acids is 1. The van der Waals surface area contributed by atoms with E-state index in [-0.39, 0.29) is 28.6 Å². The van der Waals surface area contributed by atoms with Crippen LogP contribution in [0.5, 0.6) is 0 Å². The molecule has 1 saturated heterocycles. The van der Waals surface area contributed by atoms with E-state index in [2.05, 4.69) is 6.58 Å². The first-order valence-corrected chi connectivity index (χ1v) is 9.09. The molecule has 1 heterocycles. The Bertz CT molecular complexity index is 759. The molecule has 0 aromatic rings. The molecule has 5 heteroatoms. The number of carboxylic acid groups (broad SMARTS) is 1. The first-order valence-electron chi connectivity index (χ1n) is 9.09. The Hall–Kier alpha value is -1.36. The normalized spacial score (nSPS) is 64.5. The molecule has 6 saturated carbocycles. The first kappa shape index (κ1) is 13.9. The molecule has 2 N–H and O–H groups in total. The molecule has 0 aromatic heterocycles. The summed E-state index contributed by atoms with van der Waals surface area (Å²) in [4.78, 5) is 25.2. The fourth-order valence-electron chi connectivity index (χ4n) is 8.97. The highest BCUT2D eigenvalue weighted by Gasteiger charge is 3.00. The molecule has 0 radical (unpaired) electrons. The molecule has 9 atom stereocenters. The molecule has 7 fully saturated rings. The van der Waals surface area contributed by atoms with Crippen molar-refractivity contribution in [3.8, 4) is 0 Å². The number of aliphatic carboxylic acids is 1. The molecule has 0 amide bonds. The molecule has 6 bridgehead atoms. The Morgan fingerprint density at radius 2 is 2.08 bits per heavy atom. The van der Waals surface area contributed by atoms with Gasteiger partial charge in [-0.05, 0) is 44.4 Å². The van der Waals surface area contributed by atoms with Crippen LogP contribution in [0, 0.1) is 39.9 Å². The lowest BCUT2D eigenvalue weighted by molar-refractivity contribution is -0.163. The van der Waals surface area contributed by atoms with Crippen LogP contribution in [0.3, 0.4) is 0 Å². The van der Waals surface area contributed by atoms with Crippen LogP contribution in [0.4, 0.5) is 0 Å². The van der Waals surface area contributed by atoms with Crippen molar-refractivity contribution in [1.29, 1.82) is 0 Å². The number of esters is 1. The van der Waals surface area contributed by atoms with Crippen LogP contribution in [0.2, 0.25) is 0 Å². The Balaban J connectivity index is 1.66. The molecule has 24 heavy (non-hydrogen) atoms. The van der Waals surface area contributed by atoms with Crippen LogP contribution in [0.15, 0.2) is 12.2 Å². The average molecular weight is 330 g/mol. The smallest absolute Gasteiger partial charge is 0.312 e. The van der Waals surface area contributed by atoms with Gasteiger partial charge in [-0.15, -0.1) is 0 Å². The van der Waals surface area contributed by atoms with E-state index in [1.807, 2.05) is 6.92 Å². The lowest BCUT2D eigenvalue weighted by atomic mass is 9.55. The number of hydrogen-bond donors (Lipinski definition) is 2. The summed E-state index contributed by atoms with van der Waals surface area (Å²) in [6, 6.07) is 0. The fraction of sp³-hybridized carbons (Fsp3) is 0.789. The quantitative estimate of drug-likeness (QED) is 0.565. The van der Waals surface area contributed by atoms with Gasteiger partial charge in [0.05, 0.1) is 17.4 Å². The Morgan fingerprint density at radius 3 is 2.79 bits per heavy atom. The zero-order chi connectivity index (χ0) is 16.9. The Labute approximate surface area is 140 Å². The summed E-state index contributed by atoms with van der Waals surface area (Å²) < 4.78 is 6.10. The van der Waals surface area contributed by atoms with E-state index in [9.17, 15) is 19.8 Å². The van der Waals surface area contributed by atoms with Crippen molar-refractivity contribution < 1.29 is 24.5 Å². The molecule has 7 aliphatic rings. The largest absolute Gasteiger partial charge is 0.481 e. The number of fused-ring (bicyclic) bond motifs is 1. The highest BCUT2D eigenvalue weighted by atomic mass is 16.6. The van der Waals surface area contributed by atoms with Gasteiger partial charge in [0, 0.05) is 23.2 Å². The van der Waals surface area contributed by atoms with Gasteiger partial charge in [-0.1, -0.05) is 12.2 Å². The van der Waals surface area contributed by atoms with Gasteiger partial charge in [0.25, 0.3) is 0 Å². The second-order valence-electron chi connectivity index (χ2n) is 9.51. The van der Waals surface area contributed by atoms with Crippen LogP contribution in [-0.2, 0) is 14.3 Å². The van der Waals surface area contributed by atoms with Crippen molar-refractivity contribution in [3.63, 3.8) is 0 Å². The number of carbonyl (C=O) groups is 2. The third-order valence-electron chi connectivity index (χ3n) is 9.16.